The van der Waals surface area contributed by atoms with E-state index in [0.29, 0.717) is 0 Å². The molecule has 0 spiro atoms. The summed E-state index contributed by atoms with van der Waals surface area (Å²) >= 11 is 5.25. The maximum Gasteiger partial charge on any atom is 0.420 e. The predicted molar refractivity (Wildman–Crippen MR) is 52.6 cm³/mol. The smallest absolute Gasteiger partial charge is 0.420 e. The summed E-state index contributed by atoms with van der Waals surface area (Å²) in [6, 6.07) is 1.68. The zero-order valence-electron chi connectivity index (χ0n) is 8.92. The molecule has 18 heavy (non-hydrogen) atoms. The Morgan fingerprint density at radius 3 is 1.83 bits per heavy atom. The first-order chi connectivity index (χ1) is 8.12. The van der Waals surface area contributed by atoms with Crippen LogP contribution in [0.2, 0.25) is 0 Å². The molecule has 0 aliphatic heterocycles. The SMILES string of the molecule is COc1ccc(CCl)c(C(F)(F)F)c1C(F)(F)F. The highest BCUT2D eigenvalue weighted by Crippen LogP contribution is 2.46. The van der Waals surface area contributed by atoms with Gasteiger partial charge in [0.25, 0.3) is 0 Å². The summed E-state index contributed by atoms with van der Waals surface area (Å²) in [4.78, 5) is 0. The minimum absolute atomic E-state index is 0.641. The monoisotopic (exact) mass is 292 g/mol. The zero-order chi connectivity index (χ0) is 14.1. The number of hydrogen-bond donors (Lipinski definition) is 0. The summed E-state index contributed by atoms with van der Waals surface area (Å²) in [5, 5.41) is 0. The summed E-state index contributed by atoms with van der Waals surface area (Å²) in [5.41, 5.74) is -4.29. The van der Waals surface area contributed by atoms with Crippen LogP contribution in [0.1, 0.15) is 16.7 Å². The van der Waals surface area contributed by atoms with Crippen molar-refractivity contribution in [3.8, 4) is 5.75 Å². The van der Waals surface area contributed by atoms with E-state index in [1.165, 1.54) is 0 Å². The quantitative estimate of drug-likeness (QED) is 0.577. The lowest BCUT2D eigenvalue weighted by Crippen LogP contribution is -2.20. The third-order valence-corrected chi connectivity index (χ3v) is 2.47. The number of benzene rings is 1. The van der Waals surface area contributed by atoms with Gasteiger partial charge in [-0.1, -0.05) is 6.07 Å². The molecule has 0 radical (unpaired) electrons. The van der Waals surface area contributed by atoms with E-state index in [-0.39, 0.29) is 0 Å². The Morgan fingerprint density at radius 1 is 1.00 bits per heavy atom. The van der Waals surface area contributed by atoms with Gasteiger partial charge in [-0.3, -0.25) is 0 Å². The van der Waals surface area contributed by atoms with E-state index in [0.717, 1.165) is 19.2 Å². The molecule has 0 saturated heterocycles. The molecule has 0 bridgehead atoms. The standard InChI is InChI=1S/C10H7ClF6O/c1-18-6-3-2-5(4-11)7(9(12,13)14)8(6)10(15,16)17/h2-3H,4H2,1H3. The minimum Gasteiger partial charge on any atom is -0.496 e. The van der Waals surface area contributed by atoms with Gasteiger partial charge in [-0.25, -0.2) is 0 Å². The third-order valence-electron chi connectivity index (χ3n) is 2.18. The molecule has 1 aromatic rings. The molecule has 0 amide bonds. The van der Waals surface area contributed by atoms with Crippen LogP contribution in [-0.2, 0) is 18.2 Å². The lowest BCUT2D eigenvalue weighted by molar-refractivity contribution is -0.163. The van der Waals surface area contributed by atoms with Crippen molar-refractivity contribution in [2.45, 2.75) is 18.2 Å². The van der Waals surface area contributed by atoms with Gasteiger partial charge in [0.1, 0.15) is 11.3 Å². The molecule has 0 saturated carbocycles. The van der Waals surface area contributed by atoms with Crippen LogP contribution in [0, 0.1) is 0 Å². The normalized spacial score (nSPS) is 12.7. The molecule has 0 aliphatic rings. The van der Waals surface area contributed by atoms with Gasteiger partial charge < -0.3 is 4.74 Å². The molecular formula is C10H7ClF6O. The summed E-state index contributed by atoms with van der Waals surface area (Å²) < 4.78 is 80.7. The number of methoxy groups -OCH3 is 1. The second-order valence-corrected chi connectivity index (χ2v) is 3.57. The van der Waals surface area contributed by atoms with Crippen molar-refractivity contribution < 1.29 is 31.1 Å². The molecular weight excluding hydrogens is 286 g/mol. The lowest BCUT2D eigenvalue weighted by Gasteiger charge is -2.20. The molecule has 1 aromatic carbocycles. The minimum atomic E-state index is -5.18. The second-order valence-electron chi connectivity index (χ2n) is 3.31. The summed E-state index contributed by atoms with van der Waals surface area (Å²) in [6.07, 6.45) is -10.3. The molecule has 1 rings (SSSR count). The fraction of sp³-hybridized carbons (Fsp3) is 0.400. The highest BCUT2D eigenvalue weighted by molar-refractivity contribution is 6.17. The Kier molecular flexibility index (Phi) is 4.05. The van der Waals surface area contributed by atoms with Gasteiger partial charge in [0.15, 0.2) is 0 Å². The first kappa shape index (κ1) is 14.9. The summed E-state index contributed by atoms with van der Waals surface area (Å²) in [5.74, 6) is -1.56. The number of rotatable bonds is 2. The van der Waals surface area contributed by atoms with Gasteiger partial charge in [-0.05, 0) is 11.6 Å². The van der Waals surface area contributed by atoms with Gasteiger partial charge in [-0.2, -0.15) is 26.3 Å². The molecule has 1 nitrogen and oxygen atoms in total. The van der Waals surface area contributed by atoms with Crippen LogP contribution in [0.15, 0.2) is 12.1 Å². The van der Waals surface area contributed by atoms with E-state index in [1.54, 1.807) is 0 Å². The Labute approximate surface area is 103 Å². The average molecular weight is 293 g/mol. The molecule has 0 unspecified atom stereocenters. The highest BCUT2D eigenvalue weighted by atomic mass is 35.5. The molecule has 8 heteroatoms. The van der Waals surface area contributed by atoms with E-state index < -0.39 is 40.7 Å². The van der Waals surface area contributed by atoms with E-state index in [2.05, 4.69) is 4.74 Å². The van der Waals surface area contributed by atoms with Gasteiger partial charge in [-0.15, -0.1) is 11.6 Å². The highest BCUT2D eigenvalue weighted by Gasteiger charge is 2.47. The number of hydrogen-bond acceptors (Lipinski definition) is 1. The first-order valence-electron chi connectivity index (χ1n) is 4.53. The maximum absolute atomic E-state index is 12.7. The topological polar surface area (TPSA) is 9.23 Å². The predicted octanol–water partition coefficient (Wildman–Crippen LogP) is 4.47. The number of alkyl halides is 7. The molecule has 0 fully saturated rings. The summed E-state index contributed by atoms with van der Waals surface area (Å²) in [7, 11) is 0.866. The lowest BCUT2D eigenvalue weighted by atomic mass is 9.99. The van der Waals surface area contributed by atoms with E-state index >= 15 is 0 Å². The van der Waals surface area contributed by atoms with E-state index in [4.69, 9.17) is 11.6 Å². The Morgan fingerprint density at radius 2 is 1.50 bits per heavy atom. The van der Waals surface area contributed by atoms with Gasteiger partial charge in [0.2, 0.25) is 0 Å². The first-order valence-corrected chi connectivity index (χ1v) is 5.06. The van der Waals surface area contributed by atoms with Crippen LogP contribution < -0.4 is 4.74 Å². The summed E-state index contributed by atoms with van der Waals surface area (Å²) in [6.45, 7) is 0. The molecule has 0 aliphatic carbocycles. The number of halogens is 7. The average Bonchev–Trinajstić information content (AvgIpc) is 2.24. The fourth-order valence-electron chi connectivity index (χ4n) is 1.51. The molecule has 102 valence electrons. The number of ether oxygens (including phenoxy) is 1. The van der Waals surface area contributed by atoms with Gasteiger partial charge in [0, 0.05) is 5.88 Å². The maximum atomic E-state index is 12.7. The van der Waals surface area contributed by atoms with Crippen molar-refractivity contribution >= 4 is 11.6 Å². The van der Waals surface area contributed by atoms with Gasteiger partial charge >= 0.3 is 12.4 Å². The molecule has 0 heterocycles. The van der Waals surface area contributed by atoms with Crippen molar-refractivity contribution in [1.29, 1.82) is 0 Å². The second kappa shape index (κ2) is 4.87. The largest absolute Gasteiger partial charge is 0.496 e. The molecule has 0 atom stereocenters. The van der Waals surface area contributed by atoms with Crippen molar-refractivity contribution in [2.24, 2.45) is 0 Å². The van der Waals surface area contributed by atoms with Crippen molar-refractivity contribution in [1.82, 2.24) is 0 Å². The Bertz CT molecular complexity index is 396. The van der Waals surface area contributed by atoms with Crippen LogP contribution in [0.5, 0.6) is 5.75 Å². The van der Waals surface area contributed by atoms with Crippen LogP contribution in [0.3, 0.4) is 0 Å². The van der Waals surface area contributed by atoms with Crippen LogP contribution in [0.4, 0.5) is 26.3 Å². The third kappa shape index (κ3) is 2.82. The Hall–Kier alpha value is -1.11. The van der Waals surface area contributed by atoms with Crippen molar-refractivity contribution in [3.05, 3.63) is 28.8 Å². The van der Waals surface area contributed by atoms with Crippen LogP contribution in [-0.4, -0.2) is 7.11 Å². The van der Waals surface area contributed by atoms with E-state index in [1.807, 2.05) is 0 Å². The van der Waals surface area contributed by atoms with E-state index in [9.17, 15) is 26.3 Å². The van der Waals surface area contributed by atoms with Crippen molar-refractivity contribution in [2.75, 3.05) is 7.11 Å². The molecule has 0 aromatic heterocycles. The van der Waals surface area contributed by atoms with Crippen LogP contribution in [0.25, 0.3) is 0 Å². The Balaban J connectivity index is 3.71. The van der Waals surface area contributed by atoms with Crippen LogP contribution >= 0.6 is 11.6 Å². The molecule has 0 N–H and O–H groups in total. The zero-order valence-corrected chi connectivity index (χ0v) is 9.67. The fourth-order valence-corrected chi connectivity index (χ4v) is 1.74. The van der Waals surface area contributed by atoms with Crippen molar-refractivity contribution in [3.63, 3.8) is 0 Å². The van der Waals surface area contributed by atoms with Gasteiger partial charge in [0.05, 0.1) is 12.7 Å².